The summed E-state index contributed by atoms with van der Waals surface area (Å²) in [6.07, 6.45) is -4.55. The minimum Gasteiger partial charge on any atom is -0.347 e. The average molecular weight is 252 g/mol. The minimum atomic E-state index is -4.39. The monoisotopic (exact) mass is 251 g/mol. The first kappa shape index (κ1) is 12.8. The number of amides is 1. The highest BCUT2D eigenvalue weighted by atomic mass is 35.5. The number of hydrogen-bond acceptors (Lipinski definition) is 1. The summed E-state index contributed by atoms with van der Waals surface area (Å²) in [4.78, 5) is 11.1. The van der Waals surface area contributed by atoms with Crippen LogP contribution in [0.15, 0.2) is 24.3 Å². The first-order valence-corrected chi connectivity index (χ1v) is 4.83. The first-order valence-electron chi connectivity index (χ1n) is 4.45. The number of carbonyl (C=O) groups excluding carboxylic acids is 1. The van der Waals surface area contributed by atoms with Crippen LogP contribution < -0.4 is 5.32 Å². The Morgan fingerprint density at radius 1 is 1.31 bits per heavy atom. The third kappa shape index (κ3) is 4.53. The summed E-state index contributed by atoms with van der Waals surface area (Å²) in [5, 5.41) is 2.14. The average Bonchev–Trinajstić information content (AvgIpc) is 2.18. The fourth-order valence-corrected chi connectivity index (χ4v) is 1.28. The van der Waals surface area contributed by atoms with Crippen molar-refractivity contribution in [2.24, 2.45) is 0 Å². The summed E-state index contributed by atoms with van der Waals surface area (Å²) in [6, 6.07) is 6.52. The Kier molecular flexibility index (Phi) is 4.18. The molecule has 0 atom stereocenters. The maximum Gasteiger partial charge on any atom is 0.405 e. The van der Waals surface area contributed by atoms with Crippen LogP contribution in [0.3, 0.4) is 0 Å². The van der Waals surface area contributed by atoms with Gasteiger partial charge in [0, 0.05) is 5.02 Å². The number of halogens is 4. The van der Waals surface area contributed by atoms with Crippen LogP contribution in [0.1, 0.15) is 5.56 Å². The largest absolute Gasteiger partial charge is 0.405 e. The molecule has 0 fully saturated rings. The van der Waals surface area contributed by atoms with E-state index < -0.39 is 18.6 Å². The van der Waals surface area contributed by atoms with Gasteiger partial charge < -0.3 is 5.32 Å². The van der Waals surface area contributed by atoms with Gasteiger partial charge in [0.2, 0.25) is 5.91 Å². The molecule has 0 unspecified atom stereocenters. The summed E-state index contributed by atoms with van der Waals surface area (Å²) in [6.45, 7) is -1.32. The standard InChI is InChI=1S/C10H9ClF3NO/c11-8-4-2-1-3-7(8)5-9(16)15-6-10(12,13)14/h1-4H,5-6H2,(H,15,16). The van der Waals surface area contributed by atoms with Crippen molar-refractivity contribution in [2.75, 3.05) is 6.54 Å². The Morgan fingerprint density at radius 3 is 2.50 bits per heavy atom. The van der Waals surface area contributed by atoms with Gasteiger partial charge in [-0.15, -0.1) is 0 Å². The van der Waals surface area contributed by atoms with Gasteiger partial charge in [-0.05, 0) is 11.6 Å². The van der Waals surface area contributed by atoms with Gasteiger partial charge in [0.1, 0.15) is 6.54 Å². The predicted octanol–water partition coefficient (Wildman–Crippen LogP) is 2.56. The molecule has 0 spiro atoms. The molecule has 6 heteroatoms. The molecule has 0 radical (unpaired) electrons. The van der Waals surface area contributed by atoms with Crippen LogP contribution >= 0.6 is 11.6 Å². The molecule has 0 saturated carbocycles. The summed E-state index contributed by atoms with van der Waals surface area (Å²) in [5.74, 6) is -0.703. The SMILES string of the molecule is O=C(Cc1ccccc1Cl)NCC(F)(F)F. The molecule has 1 amide bonds. The van der Waals surface area contributed by atoms with Crippen LogP contribution in [-0.2, 0) is 11.2 Å². The van der Waals surface area contributed by atoms with Gasteiger partial charge in [-0.3, -0.25) is 4.79 Å². The van der Waals surface area contributed by atoms with Gasteiger partial charge in [-0.25, -0.2) is 0 Å². The van der Waals surface area contributed by atoms with E-state index in [2.05, 4.69) is 0 Å². The lowest BCUT2D eigenvalue weighted by Gasteiger charge is -2.08. The summed E-state index contributed by atoms with van der Waals surface area (Å²) in [7, 11) is 0. The zero-order valence-electron chi connectivity index (χ0n) is 8.14. The van der Waals surface area contributed by atoms with Crippen molar-refractivity contribution in [2.45, 2.75) is 12.6 Å². The molecule has 1 N–H and O–H groups in total. The fourth-order valence-electron chi connectivity index (χ4n) is 1.08. The van der Waals surface area contributed by atoms with Gasteiger partial charge >= 0.3 is 6.18 Å². The molecule has 1 rings (SSSR count). The zero-order valence-corrected chi connectivity index (χ0v) is 8.90. The number of carbonyl (C=O) groups is 1. The van der Waals surface area contributed by atoms with Gasteiger partial charge in [0.25, 0.3) is 0 Å². The van der Waals surface area contributed by atoms with Crippen LogP contribution in [0.2, 0.25) is 5.02 Å². The molecule has 1 aromatic carbocycles. The summed E-state index contributed by atoms with van der Waals surface area (Å²) < 4.78 is 35.4. The molecule has 0 saturated heterocycles. The van der Waals surface area contributed by atoms with Gasteiger partial charge in [-0.1, -0.05) is 29.8 Å². The zero-order chi connectivity index (χ0) is 12.2. The number of alkyl halides is 3. The molecule has 0 aliphatic carbocycles. The van der Waals surface area contributed by atoms with Crippen LogP contribution in [0, 0.1) is 0 Å². The minimum absolute atomic E-state index is 0.157. The van der Waals surface area contributed by atoms with E-state index in [4.69, 9.17) is 11.6 Å². The van der Waals surface area contributed by atoms with E-state index in [0.717, 1.165) is 0 Å². The molecule has 0 heterocycles. The number of nitrogens with one attached hydrogen (secondary N) is 1. The van der Waals surface area contributed by atoms with E-state index in [1.165, 1.54) is 0 Å². The van der Waals surface area contributed by atoms with Gasteiger partial charge in [0.05, 0.1) is 6.42 Å². The second-order valence-electron chi connectivity index (χ2n) is 3.16. The molecule has 2 nitrogen and oxygen atoms in total. The highest BCUT2D eigenvalue weighted by Gasteiger charge is 2.27. The maximum atomic E-state index is 11.8. The van der Waals surface area contributed by atoms with E-state index in [1.807, 2.05) is 0 Å². The fraction of sp³-hybridized carbons (Fsp3) is 0.300. The van der Waals surface area contributed by atoms with Crippen molar-refractivity contribution in [3.63, 3.8) is 0 Å². The summed E-state index contributed by atoms with van der Waals surface area (Å²) >= 11 is 5.76. The van der Waals surface area contributed by atoms with Gasteiger partial charge in [-0.2, -0.15) is 13.2 Å². The van der Waals surface area contributed by atoms with E-state index in [9.17, 15) is 18.0 Å². The topological polar surface area (TPSA) is 29.1 Å². The van der Waals surface area contributed by atoms with Crippen molar-refractivity contribution in [1.29, 1.82) is 0 Å². The first-order chi connectivity index (χ1) is 7.38. The Balaban J connectivity index is 2.50. The van der Waals surface area contributed by atoms with E-state index in [1.54, 1.807) is 29.6 Å². The third-order valence-corrected chi connectivity index (χ3v) is 2.16. The molecular formula is C10H9ClF3NO. The van der Waals surface area contributed by atoms with E-state index in [0.29, 0.717) is 10.6 Å². The molecule has 0 aliphatic heterocycles. The Hall–Kier alpha value is -1.23. The van der Waals surface area contributed by atoms with Crippen molar-refractivity contribution < 1.29 is 18.0 Å². The molecule has 0 bridgehead atoms. The van der Waals surface area contributed by atoms with Crippen molar-refractivity contribution in [3.05, 3.63) is 34.9 Å². The highest BCUT2D eigenvalue weighted by molar-refractivity contribution is 6.31. The normalized spacial score (nSPS) is 11.2. The third-order valence-electron chi connectivity index (χ3n) is 1.79. The molecular weight excluding hydrogens is 243 g/mol. The van der Waals surface area contributed by atoms with Gasteiger partial charge in [0.15, 0.2) is 0 Å². The molecule has 16 heavy (non-hydrogen) atoms. The lowest BCUT2D eigenvalue weighted by atomic mass is 10.1. The number of rotatable bonds is 3. The van der Waals surface area contributed by atoms with Crippen molar-refractivity contribution in [3.8, 4) is 0 Å². The second-order valence-corrected chi connectivity index (χ2v) is 3.57. The van der Waals surface area contributed by atoms with Crippen molar-refractivity contribution >= 4 is 17.5 Å². The van der Waals surface area contributed by atoms with Crippen LogP contribution in [0.5, 0.6) is 0 Å². The quantitative estimate of drug-likeness (QED) is 0.879. The molecule has 0 aliphatic rings. The Bertz CT molecular complexity index is 379. The van der Waals surface area contributed by atoms with Crippen LogP contribution in [-0.4, -0.2) is 18.6 Å². The van der Waals surface area contributed by atoms with E-state index in [-0.39, 0.29) is 6.42 Å². The van der Waals surface area contributed by atoms with Crippen LogP contribution in [0.25, 0.3) is 0 Å². The Labute approximate surface area is 95.4 Å². The molecule has 1 aromatic rings. The molecule has 88 valence electrons. The van der Waals surface area contributed by atoms with Crippen LogP contribution in [0.4, 0.5) is 13.2 Å². The summed E-state index contributed by atoms with van der Waals surface area (Å²) in [5.41, 5.74) is 0.504. The van der Waals surface area contributed by atoms with Crippen molar-refractivity contribution in [1.82, 2.24) is 5.32 Å². The maximum absolute atomic E-state index is 11.8. The van der Waals surface area contributed by atoms with E-state index >= 15 is 0 Å². The lowest BCUT2D eigenvalue weighted by molar-refractivity contribution is -0.138. The number of hydrogen-bond donors (Lipinski definition) is 1. The lowest BCUT2D eigenvalue weighted by Crippen LogP contribution is -2.34. The molecule has 0 aromatic heterocycles. The Morgan fingerprint density at radius 2 is 1.94 bits per heavy atom. The predicted molar refractivity (Wildman–Crippen MR) is 54.2 cm³/mol. The smallest absolute Gasteiger partial charge is 0.347 e. The highest BCUT2D eigenvalue weighted by Crippen LogP contribution is 2.16. The number of benzene rings is 1. The second kappa shape index (κ2) is 5.21.